The molecule has 15 heavy (non-hydrogen) atoms. The Balaban J connectivity index is 2.68. The number of ether oxygens (including phenoxy) is 1. The molecule has 1 unspecified atom stereocenters. The monoisotopic (exact) mass is 215 g/mol. The summed E-state index contributed by atoms with van der Waals surface area (Å²) in [4.78, 5) is 13.4. The lowest BCUT2D eigenvalue weighted by Gasteiger charge is -2.33. The number of carbonyl (C=O) groups is 1. The molecule has 0 aromatic heterocycles. The second-order valence-electron chi connectivity index (χ2n) is 5.76. The van der Waals surface area contributed by atoms with Crippen LogP contribution in [0.25, 0.3) is 0 Å². The number of hydrogen-bond acceptors (Lipinski definition) is 3. The average Bonchev–Trinajstić information content (AvgIpc) is 2.20. The first-order valence-electron chi connectivity index (χ1n) is 5.30. The number of likely N-dealkylation sites (tertiary alicyclic amines) is 1. The highest BCUT2D eigenvalue weighted by Gasteiger charge is 2.42. The molecule has 1 heterocycles. The molecule has 1 atom stereocenters. The lowest BCUT2D eigenvalue weighted by atomic mass is 10.0. The third-order valence-corrected chi connectivity index (χ3v) is 2.47. The average molecular weight is 215 g/mol. The fraction of sp³-hybridized carbons (Fsp3) is 0.909. The van der Waals surface area contributed by atoms with Crippen LogP contribution in [-0.2, 0) is 4.74 Å². The summed E-state index contributed by atoms with van der Waals surface area (Å²) in [5.41, 5.74) is -0.803. The molecule has 0 radical (unpaired) electrons. The first kappa shape index (κ1) is 12.3. The summed E-state index contributed by atoms with van der Waals surface area (Å²) in [6, 6.07) is 0. The second-order valence-corrected chi connectivity index (χ2v) is 5.76. The Labute approximate surface area is 91.2 Å². The van der Waals surface area contributed by atoms with Gasteiger partial charge in [-0.2, -0.15) is 0 Å². The third-order valence-electron chi connectivity index (χ3n) is 2.47. The number of aliphatic hydroxyl groups excluding tert-OH is 1. The van der Waals surface area contributed by atoms with E-state index < -0.39 is 11.7 Å². The highest BCUT2D eigenvalue weighted by Crippen LogP contribution is 2.30. The van der Waals surface area contributed by atoms with Crippen LogP contribution < -0.4 is 0 Å². The lowest BCUT2D eigenvalue weighted by Crippen LogP contribution is -2.45. The first-order chi connectivity index (χ1) is 6.62. The van der Waals surface area contributed by atoms with E-state index in [4.69, 9.17) is 4.74 Å². The van der Waals surface area contributed by atoms with E-state index in [1.165, 1.54) is 0 Å². The van der Waals surface area contributed by atoms with Crippen LogP contribution in [0, 0.1) is 0 Å². The van der Waals surface area contributed by atoms with E-state index in [-0.39, 0.29) is 11.6 Å². The number of rotatable bonds is 0. The van der Waals surface area contributed by atoms with Crippen LogP contribution in [0.15, 0.2) is 0 Å². The van der Waals surface area contributed by atoms with Gasteiger partial charge in [0.1, 0.15) is 5.60 Å². The summed E-state index contributed by atoms with van der Waals surface area (Å²) >= 11 is 0. The first-order valence-corrected chi connectivity index (χ1v) is 5.30. The Hall–Kier alpha value is -0.770. The SMILES string of the molecule is CC(C)(C)OC(=O)N1CC(O)CC1(C)C. The molecule has 88 valence electrons. The highest BCUT2D eigenvalue weighted by atomic mass is 16.6. The van der Waals surface area contributed by atoms with Crippen molar-refractivity contribution in [2.45, 2.75) is 58.3 Å². The normalized spacial score (nSPS) is 25.5. The summed E-state index contributed by atoms with van der Waals surface area (Å²) in [7, 11) is 0. The standard InChI is InChI=1S/C11H21NO3/c1-10(2,3)15-9(14)12-7-8(13)6-11(12,4)5/h8,13H,6-7H2,1-5H3. The van der Waals surface area contributed by atoms with Crippen LogP contribution in [0.1, 0.15) is 41.0 Å². The molecule has 1 saturated heterocycles. The predicted octanol–water partition coefficient (Wildman–Crippen LogP) is 1.77. The third kappa shape index (κ3) is 3.09. The summed E-state index contributed by atoms with van der Waals surface area (Å²) in [5.74, 6) is 0. The Morgan fingerprint density at radius 1 is 1.47 bits per heavy atom. The molecule has 0 aromatic carbocycles. The van der Waals surface area contributed by atoms with Crippen molar-refractivity contribution in [2.24, 2.45) is 0 Å². The van der Waals surface area contributed by atoms with Gasteiger partial charge in [0.15, 0.2) is 0 Å². The quantitative estimate of drug-likeness (QED) is 0.670. The van der Waals surface area contributed by atoms with E-state index in [0.717, 1.165) is 0 Å². The molecule has 4 nitrogen and oxygen atoms in total. The molecular formula is C11H21NO3. The van der Waals surface area contributed by atoms with Gasteiger partial charge in [0.2, 0.25) is 0 Å². The number of β-amino-alcohol motifs (C(OH)–C–C–N with tert-alkyl or cyclic N) is 1. The van der Waals surface area contributed by atoms with Crippen molar-refractivity contribution >= 4 is 6.09 Å². The highest BCUT2D eigenvalue weighted by molar-refractivity contribution is 5.69. The van der Waals surface area contributed by atoms with Gasteiger partial charge in [0, 0.05) is 5.54 Å². The van der Waals surface area contributed by atoms with Crippen LogP contribution >= 0.6 is 0 Å². The van der Waals surface area contributed by atoms with Crippen molar-refractivity contribution in [2.75, 3.05) is 6.54 Å². The van der Waals surface area contributed by atoms with Crippen molar-refractivity contribution in [3.8, 4) is 0 Å². The van der Waals surface area contributed by atoms with Gasteiger partial charge in [-0.25, -0.2) is 4.79 Å². The maximum atomic E-state index is 11.8. The van der Waals surface area contributed by atoms with Crippen LogP contribution in [0.5, 0.6) is 0 Å². The summed E-state index contributed by atoms with van der Waals surface area (Å²) in [5, 5.41) is 9.53. The number of nitrogens with zero attached hydrogens (tertiary/aromatic N) is 1. The minimum atomic E-state index is -0.485. The van der Waals surface area contributed by atoms with Crippen LogP contribution in [-0.4, -0.2) is 39.9 Å². The van der Waals surface area contributed by atoms with Gasteiger partial charge in [0.05, 0.1) is 12.6 Å². The Morgan fingerprint density at radius 2 is 2.00 bits per heavy atom. The molecule has 4 heteroatoms. The number of hydrogen-bond donors (Lipinski definition) is 1. The minimum Gasteiger partial charge on any atom is -0.444 e. The zero-order chi connectivity index (χ0) is 11.9. The van der Waals surface area contributed by atoms with Crippen molar-refractivity contribution in [3.05, 3.63) is 0 Å². The molecule has 1 amide bonds. The van der Waals surface area contributed by atoms with Crippen molar-refractivity contribution in [1.82, 2.24) is 4.90 Å². The van der Waals surface area contributed by atoms with Gasteiger partial charge in [-0.15, -0.1) is 0 Å². The molecule has 0 spiro atoms. The predicted molar refractivity (Wildman–Crippen MR) is 57.6 cm³/mol. The second kappa shape index (κ2) is 3.67. The van der Waals surface area contributed by atoms with Crippen molar-refractivity contribution in [1.29, 1.82) is 0 Å². The van der Waals surface area contributed by atoms with Gasteiger partial charge in [-0.05, 0) is 41.0 Å². The number of amides is 1. The molecule has 0 aromatic rings. The van der Waals surface area contributed by atoms with Gasteiger partial charge in [-0.3, -0.25) is 0 Å². The van der Waals surface area contributed by atoms with Gasteiger partial charge < -0.3 is 14.7 Å². The fourth-order valence-electron chi connectivity index (χ4n) is 1.85. The van der Waals surface area contributed by atoms with Crippen molar-refractivity contribution < 1.29 is 14.6 Å². The van der Waals surface area contributed by atoms with E-state index in [2.05, 4.69) is 0 Å². The molecule has 0 aliphatic carbocycles. The van der Waals surface area contributed by atoms with E-state index in [1.807, 2.05) is 34.6 Å². The molecule has 1 aliphatic heterocycles. The van der Waals surface area contributed by atoms with Gasteiger partial charge in [-0.1, -0.05) is 0 Å². The maximum Gasteiger partial charge on any atom is 0.410 e. The zero-order valence-electron chi connectivity index (χ0n) is 10.2. The molecular weight excluding hydrogens is 194 g/mol. The summed E-state index contributed by atoms with van der Waals surface area (Å²) < 4.78 is 5.28. The summed E-state index contributed by atoms with van der Waals surface area (Å²) in [6.45, 7) is 9.75. The number of carbonyl (C=O) groups excluding carboxylic acids is 1. The Morgan fingerprint density at radius 3 is 2.33 bits per heavy atom. The van der Waals surface area contributed by atoms with Gasteiger partial charge >= 0.3 is 6.09 Å². The summed E-state index contributed by atoms with van der Waals surface area (Å²) in [6.07, 6.45) is -0.178. The fourth-order valence-corrected chi connectivity index (χ4v) is 1.85. The molecule has 1 aliphatic rings. The van der Waals surface area contributed by atoms with Crippen LogP contribution in [0.4, 0.5) is 4.79 Å². The Bertz CT molecular complexity index is 255. The van der Waals surface area contributed by atoms with E-state index in [0.29, 0.717) is 13.0 Å². The molecule has 1 rings (SSSR count). The van der Waals surface area contributed by atoms with E-state index in [1.54, 1.807) is 4.90 Å². The van der Waals surface area contributed by atoms with Crippen LogP contribution in [0.2, 0.25) is 0 Å². The zero-order valence-corrected chi connectivity index (χ0v) is 10.2. The van der Waals surface area contributed by atoms with Crippen molar-refractivity contribution in [3.63, 3.8) is 0 Å². The smallest absolute Gasteiger partial charge is 0.410 e. The minimum absolute atomic E-state index is 0.318. The lowest BCUT2D eigenvalue weighted by molar-refractivity contribution is 0.0123. The molecule has 1 N–H and O–H groups in total. The Kier molecular flexibility index (Phi) is 3.01. The molecule has 0 saturated carbocycles. The maximum absolute atomic E-state index is 11.8. The largest absolute Gasteiger partial charge is 0.444 e. The molecule has 0 bridgehead atoms. The van der Waals surface area contributed by atoms with Crippen LogP contribution in [0.3, 0.4) is 0 Å². The number of aliphatic hydroxyl groups is 1. The van der Waals surface area contributed by atoms with E-state index in [9.17, 15) is 9.90 Å². The topological polar surface area (TPSA) is 49.8 Å². The van der Waals surface area contributed by atoms with E-state index >= 15 is 0 Å². The van der Waals surface area contributed by atoms with Gasteiger partial charge in [0.25, 0.3) is 0 Å². The molecule has 1 fully saturated rings.